The Morgan fingerprint density at radius 3 is 2.86 bits per heavy atom. The Bertz CT molecular complexity index is 794. The highest BCUT2D eigenvalue weighted by Gasteiger charge is 2.11. The minimum absolute atomic E-state index is 0.0682. The van der Waals surface area contributed by atoms with E-state index in [0.717, 1.165) is 5.56 Å². The molecule has 0 aliphatic heterocycles. The predicted molar refractivity (Wildman–Crippen MR) is 78.1 cm³/mol. The highest BCUT2D eigenvalue weighted by Crippen LogP contribution is 2.31. The molecule has 3 rings (SSSR count). The lowest BCUT2D eigenvalue weighted by Gasteiger charge is -2.10. The van der Waals surface area contributed by atoms with Crippen LogP contribution in [0.15, 0.2) is 36.8 Å². The van der Waals surface area contributed by atoms with E-state index in [1.807, 2.05) is 6.07 Å². The summed E-state index contributed by atoms with van der Waals surface area (Å²) in [6, 6.07) is 6.40. The van der Waals surface area contributed by atoms with E-state index in [1.54, 1.807) is 12.3 Å². The van der Waals surface area contributed by atoms with E-state index in [9.17, 15) is 4.39 Å². The van der Waals surface area contributed by atoms with Gasteiger partial charge in [-0.15, -0.1) is 10.2 Å². The van der Waals surface area contributed by atoms with Gasteiger partial charge in [0.05, 0.1) is 18.7 Å². The van der Waals surface area contributed by atoms with Crippen molar-refractivity contribution in [3.05, 3.63) is 53.2 Å². The van der Waals surface area contributed by atoms with E-state index in [0.29, 0.717) is 23.6 Å². The van der Waals surface area contributed by atoms with Crippen LogP contribution in [0.3, 0.4) is 0 Å². The second-order valence-corrected chi connectivity index (χ2v) is 4.90. The molecule has 3 aromatic rings. The van der Waals surface area contributed by atoms with Crippen LogP contribution in [0, 0.1) is 5.82 Å². The van der Waals surface area contributed by atoms with Gasteiger partial charge in [-0.1, -0.05) is 17.7 Å². The highest BCUT2D eigenvalue weighted by atomic mass is 35.5. The first-order chi connectivity index (χ1) is 10.7. The average Bonchev–Trinajstić information content (AvgIpc) is 3.03. The lowest BCUT2D eigenvalue weighted by molar-refractivity contribution is 0.399. The number of ether oxygens (including phenoxy) is 1. The quantitative estimate of drug-likeness (QED) is 0.739. The van der Waals surface area contributed by atoms with E-state index < -0.39 is 5.82 Å². The summed E-state index contributed by atoms with van der Waals surface area (Å²) in [6.07, 6.45) is 3.00. The van der Waals surface area contributed by atoms with Crippen molar-refractivity contribution in [2.75, 3.05) is 7.11 Å². The fraction of sp³-hybridized carbons (Fsp3) is 0.143. The van der Waals surface area contributed by atoms with Crippen LogP contribution in [0.25, 0.3) is 11.1 Å². The molecule has 0 aliphatic rings. The second-order valence-electron chi connectivity index (χ2n) is 4.50. The number of benzene rings is 1. The van der Waals surface area contributed by atoms with Gasteiger partial charge in [-0.3, -0.25) is 0 Å². The van der Waals surface area contributed by atoms with Crippen molar-refractivity contribution in [3.8, 4) is 17.0 Å². The lowest BCUT2D eigenvalue weighted by Crippen LogP contribution is -2.05. The van der Waals surface area contributed by atoms with Gasteiger partial charge in [0.15, 0.2) is 6.33 Å². The maximum Gasteiger partial charge on any atom is 0.221 e. The van der Waals surface area contributed by atoms with Crippen LogP contribution in [0.1, 0.15) is 5.56 Å². The molecule has 22 heavy (non-hydrogen) atoms. The fourth-order valence-corrected chi connectivity index (χ4v) is 2.16. The second kappa shape index (κ2) is 6.07. The normalized spacial score (nSPS) is 10.7. The molecule has 0 atom stereocenters. The van der Waals surface area contributed by atoms with Gasteiger partial charge in [0.2, 0.25) is 5.88 Å². The number of aromatic nitrogens is 5. The molecule has 112 valence electrons. The van der Waals surface area contributed by atoms with Crippen LogP contribution in [0.2, 0.25) is 5.02 Å². The van der Waals surface area contributed by atoms with Gasteiger partial charge >= 0.3 is 0 Å². The van der Waals surface area contributed by atoms with Gasteiger partial charge in [0.25, 0.3) is 0 Å². The van der Waals surface area contributed by atoms with Crippen molar-refractivity contribution in [3.63, 3.8) is 0 Å². The van der Waals surface area contributed by atoms with E-state index >= 15 is 0 Å². The molecular weight excluding hydrogens is 309 g/mol. The summed E-state index contributed by atoms with van der Waals surface area (Å²) in [5, 5.41) is 11.5. The summed E-state index contributed by atoms with van der Waals surface area (Å²) in [5.74, 6) is -0.0958. The number of hydrogen-bond donors (Lipinski definition) is 0. The van der Waals surface area contributed by atoms with Crippen molar-refractivity contribution in [1.29, 1.82) is 0 Å². The Kier molecular flexibility index (Phi) is 3.97. The maximum absolute atomic E-state index is 13.7. The third kappa shape index (κ3) is 2.89. The first kappa shape index (κ1) is 14.4. The summed E-state index contributed by atoms with van der Waals surface area (Å²) >= 11 is 5.72. The Balaban J connectivity index is 2.02. The topological polar surface area (TPSA) is 65.7 Å². The molecule has 0 saturated carbocycles. The number of hydrogen-bond acceptors (Lipinski definition) is 5. The zero-order valence-electron chi connectivity index (χ0n) is 11.6. The molecule has 0 aliphatic carbocycles. The minimum Gasteiger partial charge on any atom is -0.481 e. The zero-order chi connectivity index (χ0) is 15.5. The third-order valence-corrected chi connectivity index (χ3v) is 3.35. The monoisotopic (exact) mass is 319 g/mol. The Hall–Kier alpha value is -2.54. The molecule has 0 N–H and O–H groups in total. The summed E-state index contributed by atoms with van der Waals surface area (Å²) < 4.78 is 18.9. The molecule has 0 unspecified atom stereocenters. The number of tetrazole rings is 1. The summed E-state index contributed by atoms with van der Waals surface area (Å²) in [4.78, 5) is 5.67. The van der Waals surface area contributed by atoms with Crippen LogP contribution in [-0.2, 0) is 6.54 Å². The molecule has 6 nitrogen and oxygen atoms in total. The van der Waals surface area contributed by atoms with Gasteiger partial charge in [0.1, 0.15) is 5.82 Å². The Labute approximate surface area is 130 Å². The first-order valence-electron chi connectivity index (χ1n) is 6.36. The highest BCUT2D eigenvalue weighted by molar-refractivity contribution is 6.30. The van der Waals surface area contributed by atoms with Crippen LogP contribution < -0.4 is 4.74 Å². The summed E-state index contributed by atoms with van der Waals surface area (Å²) in [7, 11) is 1.51. The van der Waals surface area contributed by atoms with Gasteiger partial charge < -0.3 is 4.74 Å². The van der Waals surface area contributed by atoms with Crippen molar-refractivity contribution in [2.24, 2.45) is 0 Å². The smallest absolute Gasteiger partial charge is 0.221 e. The predicted octanol–water partition coefficient (Wildman–Crippen LogP) is 2.58. The molecule has 0 radical (unpaired) electrons. The van der Waals surface area contributed by atoms with Gasteiger partial charge in [0, 0.05) is 11.8 Å². The van der Waals surface area contributed by atoms with E-state index in [-0.39, 0.29) is 5.02 Å². The maximum atomic E-state index is 13.7. The van der Waals surface area contributed by atoms with E-state index in [4.69, 9.17) is 16.3 Å². The van der Waals surface area contributed by atoms with E-state index in [1.165, 1.54) is 30.4 Å². The van der Waals surface area contributed by atoms with Gasteiger partial charge in [-0.2, -0.15) is 4.80 Å². The van der Waals surface area contributed by atoms with Crippen molar-refractivity contribution < 1.29 is 9.13 Å². The van der Waals surface area contributed by atoms with Crippen molar-refractivity contribution >= 4 is 11.6 Å². The average molecular weight is 320 g/mol. The number of rotatable bonds is 4. The molecule has 0 amide bonds. The molecule has 2 heterocycles. The SMILES string of the molecule is COc1ncc(Cn2ncnn2)cc1-c1ccc(Cl)c(F)c1. The number of halogens is 2. The largest absolute Gasteiger partial charge is 0.481 e. The Morgan fingerprint density at radius 1 is 1.32 bits per heavy atom. The lowest BCUT2D eigenvalue weighted by atomic mass is 10.1. The van der Waals surface area contributed by atoms with E-state index in [2.05, 4.69) is 20.4 Å². The van der Waals surface area contributed by atoms with Gasteiger partial charge in [-0.25, -0.2) is 9.37 Å². The molecule has 0 spiro atoms. The third-order valence-electron chi connectivity index (χ3n) is 3.05. The number of pyridine rings is 1. The first-order valence-corrected chi connectivity index (χ1v) is 6.74. The summed E-state index contributed by atoms with van der Waals surface area (Å²) in [5.41, 5.74) is 2.12. The van der Waals surface area contributed by atoms with Gasteiger partial charge in [-0.05, 0) is 34.5 Å². The molecule has 8 heteroatoms. The Morgan fingerprint density at radius 2 is 2.18 bits per heavy atom. The minimum atomic E-state index is -0.496. The van der Waals surface area contributed by atoms with Crippen molar-refractivity contribution in [2.45, 2.75) is 6.54 Å². The van der Waals surface area contributed by atoms with Crippen LogP contribution in [0.5, 0.6) is 5.88 Å². The van der Waals surface area contributed by atoms with Crippen molar-refractivity contribution in [1.82, 2.24) is 25.2 Å². The molecule has 0 saturated heterocycles. The number of nitrogens with zero attached hydrogens (tertiary/aromatic N) is 5. The zero-order valence-corrected chi connectivity index (χ0v) is 12.3. The van der Waals surface area contributed by atoms with Crippen LogP contribution in [0.4, 0.5) is 4.39 Å². The molecule has 0 bridgehead atoms. The molecule has 2 aromatic heterocycles. The molecule has 0 fully saturated rings. The summed E-state index contributed by atoms with van der Waals surface area (Å²) in [6.45, 7) is 0.403. The fourth-order valence-electron chi connectivity index (χ4n) is 2.04. The standard InChI is InChI=1S/C14H11ClFN5O/c1-22-14-11(10-2-3-12(15)13(16)5-10)4-9(6-17-14)7-21-19-8-18-20-21/h2-6,8H,7H2,1H3. The molecule has 1 aromatic carbocycles. The number of methoxy groups -OCH3 is 1. The van der Waals surface area contributed by atoms with Crippen LogP contribution >= 0.6 is 11.6 Å². The molecular formula is C14H11ClFN5O. The van der Waals surface area contributed by atoms with Crippen LogP contribution in [-0.4, -0.2) is 32.3 Å².